The Morgan fingerprint density at radius 1 is 1.04 bits per heavy atom. The first-order valence-electron chi connectivity index (χ1n) is 7.60. The highest BCUT2D eigenvalue weighted by Crippen LogP contribution is 2.21. The van der Waals surface area contributed by atoms with Crippen LogP contribution >= 0.6 is 11.3 Å². The molecular weight excluding hydrogens is 326 g/mol. The topological polar surface area (TPSA) is 79.5 Å². The van der Waals surface area contributed by atoms with Crippen LogP contribution in [0.4, 0.5) is 11.4 Å². The Bertz CT molecular complexity index is 659. The number of hydrogen-bond donors (Lipinski definition) is 3. The average Bonchev–Trinajstić information content (AvgIpc) is 3.06. The molecule has 0 radical (unpaired) electrons. The van der Waals surface area contributed by atoms with Crippen molar-refractivity contribution in [3.05, 3.63) is 46.7 Å². The van der Waals surface area contributed by atoms with E-state index in [-0.39, 0.29) is 18.4 Å². The molecule has 0 aliphatic heterocycles. The van der Waals surface area contributed by atoms with Crippen molar-refractivity contribution >= 4 is 34.5 Å². The van der Waals surface area contributed by atoms with Crippen molar-refractivity contribution < 1.29 is 14.3 Å². The van der Waals surface area contributed by atoms with Crippen LogP contribution in [-0.2, 0) is 20.7 Å². The van der Waals surface area contributed by atoms with Gasteiger partial charge in [-0.3, -0.25) is 9.59 Å². The fraction of sp³-hybridized carbons (Fsp3) is 0.294. The number of hydrogen-bond acceptors (Lipinski definition) is 5. The Morgan fingerprint density at radius 2 is 1.75 bits per heavy atom. The van der Waals surface area contributed by atoms with Crippen molar-refractivity contribution in [2.75, 3.05) is 37.4 Å². The lowest BCUT2D eigenvalue weighted by Crippen LogP contribution is -2.30. The summed E-state index contributed by atoms with van der Waals surface area (Å²) in [6.45, 7) is 1.33. The fourth-order valence-electron chi connectivity index (χ4n) is 2.04. The molecule has 0 spiro atoms. The van der Waals surface area contributed by atoms with Crippen LogP contribution in [0.1, 0.15) is 4.88 Å². The third kappa shape index (κ3) is 6.11. The second kappa shape index (κ2) is 9.82. The smallest absolute Gasteiger partial charge is 0.238 e. The van der Waals surface area contributed by atoms with E-state index in [0.29, 0.717) is 30.9 Å². The number of anilines is 2. The van der Waals surface area contributed by atoms with Gasteiger partial charge in [-0.1, -0.05) is 18.2 Å². The van der Waals surface area contributed by atoms with Crippen molar-refractivity contribution in [2.24, 2.45) is 0 Å². The third-order valence-electron chi connectivity index (χ3n) is 3.16. The summed E-state index contributed by atoms with van der Waals surface area (Å²) in [5, 5.41) is 10.6. The van der Waals surface area contributed by atoms with Gasteiger partial charge in [-0.2, -0.15) is 0 Å². The van der Waals surface area contributed by atoms with Gasteiger partial charge < -0.3 is 20.7 Å². The van der Waals surface area contributed by atoms with E-state index in [4.69, 9.17) is 4.74 Å². The van der Waals surface area contributed by atoms with Gasteiger partial charge in [-0.05, 0) is 23.6 Å². The summed E-state index contributed by atoms with van der Waals surface area (Å²) in [4.78, 5) is 25.1. The molecule has 6 nitrogen and oxygen atoms in total. The monoisotopic (exact) mass is 347 g/mol. The van der Waals surface area contributed by atoms with E-state index >= 15 is 0 Å². The molecule has 24 heavy (non-hydrogen) atoms. The maximum absolute atomic E-state index is 12.1. The summed E-state index contributed by atoms with van der Waals surface area (Å²) in [5.74, 6) is -0.288. The summed E-state index contributed by atoms with van der Waals surface area (Å²) in [6, 6.07) is 11.0. The van der Waals surface area contributed by atoms with Gasteiger partial charge in [-0.25, -0.2) is 0 Å². The van der Waals surface area contributed by atoms with Crippen LogP contribution < -0.4 is 16.0 Å². The minimum atomic E-state index is -0.175. The Hall–Kier alpha value is -2.22. The molecular formula is C17H21N3O3S. The zero-order valence-corrected chi connectivity index (χ0v) is 14.3. The van der Waals surface area contributed by atoms with Crippen LogP contribution in [0.15, 0.2) is 41.8 Å². The molecule has 1 aromatic carbocycles. The molecule has 2 amide bonds. The molecule has 7 heteroatoms. The first kappa shape index (κ1) is 18.1. The Morgan fingerprint density at radius 3 is 2.38 bits per heavy atom. The molecule has 1 heterocycles. The lowest BCUT2D eigenvalue weighted by atomic mass is 10.2. The second-order valence-corrected chi connectivity index (χ2v) is 6.10. The molecule has 0 atom stereocenters. The van der Waals surface area contributed by atoms with Gasteiger partial charge in [0.15, 0.2) is 0 Å². The van der Waals surface area contributed by atoms with E-state index in [1.807, 2.05) is 29.6 Å². The summed E-state index contributed by atoms with van der Waals surface area (Å²) in [7, 11) is 1.61. The van der Waals surface area contributed by atoms with E-state index < -0.39 is 0 Å². The number of carbonyl (C=O) groups is 2. The molecule has 0 saturated carbocycles. The van der Waals surface area contributed by atoms with Crippen molar-refractivity contribution in [1.82, 2.24) is 5.32 Å². The summed E-state index contributed by atoms with van der Waals surface area (Å²) in [6.07, 6.45) is 0.318. The molecule has 0 fully saturated rings. The van der Waals surface area contributed by atoms with Gasteiger partial charge in [0.05, 0.1) is 30.9 Å². The van der Waals surface area contributed by atoms with Crippen molar-refractivity contribution in [3.63, 3.8) is 0 Å². The van der Waals surface area contributed by atoms with E-state index in [1.165, 1.54) is 0 Å². The first-order chi connectivity index (χ1) is 11.7. The number of benzene rings is 1. The largest absolute Gasteiger partial charge is 0.383 e. The number of thiophene rings is 1. The number of rotatable bonds is 9. The van der Waals surface area contributed by atoms with E-state index in [0.717, 1.165) is 4.88 Å². The minimum absolute atomic E-state index is 0.114. The minimum Gasteiger partial charge on any atom is -0.383 e. The predicted molar refractivity (Wildman–Crippen MR) is 96.5 cm³/mol. The number of para-hydroxylation sites is 2. The average molecular weight is 347 g/mol. The standard InChI is InChI=1S/C17H21N3O3S/c1-23-9-8-18-12-17(22)20-15-7-3-2-6-14(15)19-16(21)11-13-5-4-10-24-13/h2-7,10,18H,8-9,11-12H2,1H3,(H,19,21)(H,20,22). The number of amides is 2. The van der Waals surface area contributed by atoms with E-state index in [2.05, 4.69) is 16.0 Å². The maximum atomic E-state index is 12.1. The molecule has 0 aliphatic rings. The van der Waals surface area contributed by atoms with Gasteiger partial charge >= 0.3 is 0 Å². The summed E-state index contributed by atoms with van der Waals surface area (Å²) >= 11 is 1.54. The molecule has 3 N–H and O–H groups in total. The summed E-state index contributed by atoms with van der Waals surface area (Å²) < 4.78 is 4.91. The molecule has 128 valence electrons. The van der Waals surface area contributed by atoms with E-state index in [9.17, 15) is 9.59 Å². The number of methoxy groups -OCH3 is 1. The zero-order chi connectivity index (χ0) is 17.2. The van der Waals surface area contributed by atoms with Crippen LogP contribution in [0.5, 0.6) is 0 Å². The molecule has 0 bridgehead atoms. The van der Waals surface area contributed by atoms with Crippen molar-refractivity contribution in [3.8, 4) is 0 Å². The Labute approximate surface area is 145 Å². The lowest BCUT2D eigenvalue weighted by Gasteiger charge is -2.12. The van der Waals surface area contributed by atoms with Gasteiger partial charge in [0.1, 0.15) is 0 Å². The molecule has 0 unspecified atom stereocenters. The van der Waals surface area contributed by atoms with Gasteiger partial charge in [-0.15, -0.1) is 11.3 Å². The van der Waals surface area contributed by atoms with Crippen molar-refractivity contribution in [2.45, 2.75) is 6.42 Å². The molecule has 1 aromatic heterocycles. The Kier molecular flexibility index (Phi) is 7.41. The fourth-order valence-corrected chi connectivity index (χ4v) is 2.74. The summed E-state index contributed by atoms with van der Waals surface area (Å²) in [5.41, 5.74) is 1.17. The molecule has 2 aromatic rings. The highest BCUT2D eigenvalue weighted by molar-refractivity contribution is 7.10. The SMILES string of the molecule is COCCNCC(=O)Nc1ccccc1NC(=O)Cc1cccs1. The van der Waals surface area contributed by atoms with Crippen LogP contribution in [0.25, 0.3) is 0 Å². The Balaban J connectivity index is 1.89. The van der Waals surface area contributed by atoms with Crippen LogP contribution in [0, 0.1) is 0 Å². The number of nitrogens with one attached hydrogen (secondary N) is 3. The number of carbonyl (C=O) groups excluding carboxylic acids is 2. The highest BCUT2D eigenvalue weighted by Gasteiger charge is 2.10. The predicted octanol–water partition coefficient (Wildman–Crippen LogP) is 2.10. The maximum Gasteiger partial charge on any atom is 0.238 e. The van der Waals surface area contributed by atoms with Gasteiger partial charge in [0.25, 0.3) is 0 Å². The molecule has 0 saturated heterocycles. The first-order valence-corrected chi connectivity index (χ1v) is 8.48. The lowest BCUT2D eigenvalue weighted by molar-refractivity contribution is -0.116. The van der Waals surface area contributed by atoms with Crippen LogP contribution in [-0.4, -0.2) is 38.6 Å². The van der Waals surface area contributed by atoms with Crippen molar-refractivity contribution in [1.29, 1.82) is 0 Å². The van der Waals surface area contributed by atoms with E-state index in [1.54, 1.807) is 30.6 Å². The van der Waals surface area contributed by atoms with Crippen LogP contribution in [0.3, 0.4) is 0 Å². The normalized spacial score (nSPS) is 10.4. The third-order valence-corrected chi connectivity index (χ3v) is 4.04. The van der Waals surface area contributed by atoms with Gasteiger partial charge in [0.2, 0.25) is 11.8 Å². The number of ether oxygens (including phenoxy) is 1. The highest BCUT2D eigenvalue weighted by atomic mass is 32.1. The second-order valence-electron chi connectivity index (χ2n) is 5.07. The zero-order valence-electron chi connectivity index (χ0n) is 13.5. The quantitative estimate of drug-likeness (QED) is 0.607. The van der Waals surface area contributed by atoms with Gasteiger partial charge in [0, 0.05) is 18.5 Å². The molecule has 2 rings (SSSR count). The molecule has 0 aliphatic carbocycles. The van der Waals surface area contributed by atoms with Crippen LogP contribution in [0.2, 0.25) is 0 Å².